The molecule has 0 amide bonds. The van der Waals surface area contributed by atoms with Crippen molar-refractivity contribution in [2.24, 2.45) is 11.1 Å². The number of carboxylic acid groups (broad SMARTS) is 1. The molecule has 1 aromatic rings. The maximum atomic E-state index is 11.8. The molecule has 0 unspecified atom stereocenters. The van der Waals surface area contributed by atoms with Crippen molar-refractivity contribution >= 4 is 24.3 Å². The van der Waals surface area contributed by atoms with Gasteiger partial charge in [-0.3, -0.25) is 4.79 Å². The third kappa shape index (κ3) is 3.65. The minimum atomic E-state index is -1.13. The van der Waals surface area contributed by atoms with E-state index in [4.69, 9.17) is 10.8 Å². The molecule has 1 rings (SSSR count). The van der Waals surface area contributed by atoms with E-state index in [1.165, 1.54) is 19.2 Å². The maximum Gasteiger partial charge on any atom is 0.335 e. The molecule has 21 heavy (non-hydrogen) atoms. The summed E-state index contributed by atoms with van der Waals surface area (Å²) in [6, 6.07) is 1.73. The zero-order valence-electron chi connectivity index (χ0n) is 12.3. The van der Waals surface area contributed by atoms with Gasteiger partial charge in [0.15, 0.2) is 0 Å². The monoisotopic (exact) mass is 317 g/mol. The molecule has 0 fully saturated rings. The second-order valence-corrected chi connectivity index (χ2v) is 5.23. The molecular formula is C14H20ClNO5. The fourth-order valence-electron chi connectivity index (χ4n) is 1.95. The van der Waals surface area contributed by atoms with Crippen molar-refractivity contribution in [3.05, 3.63) is 28.8 Å². The number of esters is 1. The van der Waals surface area contributed by atoms with E-state index in [1.807, 2.05) is 0 Å². The third-order valence-corrected chi connectivity index (χ3v) is 3.40. The molecule has 1 atom stereocenters. The van der Waals surface area contributed by atoms with Crippen LogP contribution in [-0.2, 0) is 9.53 Å². The Morgan fingerprint density at radius 1 is 1.33 bits per heavy atom. The fourth-order valence-corrected chi connectivity index (χ4v) is 1.95. The summed E-state index contributed by atoms with van der Waals surface area (Å²) in [5.41, 5.74) is 5.53. The lowest BCUT2D eigenvalue weighted by molar-refractivity contribution is -0.152. The summed E-state index contributed by atoms with van der Waals surface area (Å²) in [4.78, 5) is 22.8. The lowest BCUT2D eigenvalue weighted by Crippen LogP contribution is -2.37. The molecule has 0 aliphatic heterocycles. The molecule has 1 aromatic carbocycles. The Kier molecular flexibility index (Phi) is 6.20. The number of nitrogens with two attached hydrogens (primary N) is 1. The van der Waals surface area contributed by atoms with Crippen LogP contribution in [0.3, 0.4) is 0 Å². The molecule has 118 valence electrons. The number of carbonyl (C=O) groups is 2. The van der Waals surface area contributed by atoms with Crippen LogP contribution < -0.4 is 5.73 Å². The van der Waals surface area contributed by atoms with Gasteiger partial charge in [0.05, 0.1) is 18.1 Å². The van der Waals surface area contributed by atoms with Gasteiger partial charge in [-0.2, -0.15) is 0 Å². The number of rotatable bonds is 4. The normalized spacial score (nSPS) is 12.2. The Hall–Kier alpha value is -1.79. The maximum absolute atomic E-state index is 11.8. The predicted octanol–water partition coefficient (Wildman–Crippen LogP) is 2.02. The van der Waals surface area contributed by atoms with Crippen molar-refractivity contribution in [1.82, 2.24) is 0 Å². The quantitative estimate of drug-likeness (QED) is 0.733. The van der Waals surface area contributed by atoms with E-state index < -0.39 is 23.4 Å². The molecule has 0 saturated heterocycles. The fraction of sp³-hybridized carbons (Fsp3) is 0.429. The number of carboxylic acids is 1. The van der Waals surface area contributed by atoms with Gasteiger partial charge in [0, 0.05) is 11.6 Å². The summed E-state index contributed by atoms with van der Waals surface area (Å²) < 4.78 is 4.69. The Bertz CT molecular complexity index is 557. The molecule has 6 nitrogen and oxygen atoms in total. The van der Waals surface area contributed by atoms with Gasteiger partial charge in [-0.15, -0.1) is 12.4 Å². The highest BCUT2D eigenvalue weighted by Gasteiger charge is 2.38. The zero-order valence-corrected chi connectivity index (χ0v) is 13.2. The minimum Gasteiger partial charge on any atom is -0.507 e. The standard InChI is InChI=1S/C14H19NO5.ClH/c1-7-5-8(12(17)18)6-9(10(7)16)11(15)14(2,3)13(19)20-4;/h5-6,11,16H,15H2,1-4H3,(H,17,18);1H/t11-;/m0./s1. The lowest BCUT2D eigenvalue weighted by atomic mass is 9.80. The number of ether oxygens (including phenoxy) is 1. The van der Waals surface area contributed by atoms with Crippen molar-refractivity contribution in [2.75, 3.05) is 7.11 Å². The molecule has 7 heteroatoms. The Morgan fingerprint density at radius 3 is 2.29 bits per heavy atom. The first-order valence-corrected chi connectivity index (χ1v) is 6.03. The summed E-state index contributed by atoms with van der Waals surface area (Å²) in [6.07, 6.45) is 0. The number of benzene rings is 1. The first kappa shape index (κ1) is 19.2. The van der Waals surface area contributed by atoms with Gasteiger partial charge < -0.3 is 20.7 Å². The number of carbonyl (C=O) groups excluding carboxylic acids is 1. The van der Waals surface area contributed by atoms with E-state index in [9.17, 15) is 14.7 Å². The number of hydrogen-bond donors (Lipinski definition) is 3. The molecule has 4 N–H and O–H groups in total. The highest BCUT2D eigenvalue weighted by molar-refractivity contribution is 5.88. The van der Waals surface area contributed by atoms with E-state index in [0.717, 1.165) is 0 Å². The molecule has 0 aromatic heterocycles. The summed E-state index contributed by atoms with van der Waals surface area (Å²) in [5, 5.41) is 19.1. The van der Waals surface area contributed by atoms with Gasteiger partial charge >= 0.3 is 11.9 Å². The second kappa shape index (κ2) is 6.78. The van der Waals surface area contributed by atoms with Crippen LogP contribution in [0.5, 0.6) is 5.75 Å². The van der Waals surface area contributed by atoms with E-state index in [2.05, 4.69) is 4.74 Å². The van der Waals surface area contributed by atoms with Gasteiger partial charge in [0.2, 0.25) is 0 Å². The van der Waals surface area contributed by atoms with E-state index in [1.54, 1.807) is 20.8 Å². The van der Waals surface area contributed by atoms with Crippen LogP contribution in [0.1, 0.15) is 41.4 Å². The topological polar surface area (TPSA) is 110 Å². The van der Waals surface area contributed by atoms with E-state index in [0.29, 0.717) is 5.56 Å². The average molecular weight is 318 g/mol. The van der Waals surface area contributed by atoms with Gasteiger partial charge in [0.25, 0.3) is 0 Å². The smallest absolute Gasteiger partial charge is 0.335 e. The second-order valence-electron chi connectivity index (χ2n) is 5.23. The molecule has 0 radical (unpaired) electrons. The average Bonchev–Trinajstić information content (AvgIpc) is 2.39. The van der Waals surface area contributed by atoms with Gasteiger partial charge in [-0.05, 0) is 38.5 Å². The number of aryl methyl sites for hydroxylation is 1. The molecular weight excluding hydrogens is 298 g/mol. The minimum absolute atomic E-state index is 0. The first-order chi connectivity index (χ1) is 9.12. The van der Waals surface area contributed by atoms with Crippen molar-refractivity contribution in [1.29, 1.82) is 0 Å². The van der Waals surface area contributed by atoms with Crippen LogP contribution in [0.25, 0.3) is 0 Å². The number of phenols is 1. The molecule has 0 spiro atoms. The summed E-state index contributed by atoms with van der Waals surface area (Å²) in [6.45, 7) is 4.72. The van der Waals surface area contributed by atoms with Gasteiger partial charge in [-0.25, -0.2) is 4.79 Å². The van der Waals surface area contributed by atoms with Crippen LogP contribution in [0.4, 0.5) is 0 Å². The van der Waals surface area contributed by atoms with Crippen LogP contribution in [-0.4, -0.2) is 29.3 Å². The number of halogens is 1. The lowest BCUT2D eigenvalue weighted by Gasteiger charge is -2.29. The van der Waals surface area contributed by atoms with E-state index in [-0.39, 0.29) is 29.3 Å². The number of aromatic carboxylic acids is 1. The number of aromatic hydroxyl groups is 1. The first-order valence-electron chi connectivity index (χ1n) is 6.03. The Balaban J connectivity index is 0.00000400. The molecule has 0 saturated carbocycles. The number of phenolic OH excluding ortho intramolecular Hbond substituents is 1. The summed E-state index contributed by atoms with van der Waals surface area (Å²) in [5.74, 6) is -1.78. The van der Waals surface area contributed by atoms with E-state index >= 15 is 0 Å². The molecule has 0 bridgehead atoms. The van der Waals surface area contributed by atoms with Crippen LogP contribution >= 0.6 is 12.4 Å². The number of methoxy groups -OCH3 is 1. The van der Waals surface area contributed by atoms with Crippen molar-refractivity contribution < 1.29 is 24.5 Å². The van der Waals surface area contributed by atoms with Crippen LogP contribution in [0, 0.1) is 12.3 Å². The van der Waals surface area contributed by atoms with Crippen LogP contribution in [0.15, 0.2) is 12.1 Å². The largest absolute Gasteiger partial charge is 0.507 e. The van der Waals surface area contributed by atoms with Crippen LogP contribution in [0.2, 0.25) is 0 Å². The van der Waals surface area contributed by atoms with Gasteiger partial charge in [0.1, 0.15) is 5.75 Å². The SMILES string of the molecule is COC(=O)C(C)(C)[C@@H](N)c1cc(C(=O)O)cc(C)c1O.Cl. The summed E-state index contributed by atoms with van der Waals surface area (Å²) in [7, 11) is 1.25. The predicted molar refractivity (Wildman–Crippen MR) is 79.8 cm³/mol. The van der Waals surface area contributed by atoms with Crippen molar-refractivity contribution in [2.45, 2.75) is 26.8 Å². The van der Waals surface area contributed by atoms with Crippen molar-refractivity contribution in [3.63, 3.8) is 0 Å². The zero-order chi connectivity index (χ0) is 15.7. The highest BCUT2D eigenvalue weighted by Crippen LogP contribution is 2.38. The highest BCUT2D eigenvalue weighted by atomic mass is 35.5. The Labute approximate surface area is 129 Å². The number of hydrogen-bond acceptors (Lipinski definition) is 5. The Morgan fingerprint density at radius 2 is 1.86 bits per heavy atom. The molecule has 0 aliphatic rings. The van der Waals surface area contributed by atoms with Gasteiger partial charge in [-0.1, -0.05) is 0 Å². The summed E-state index contributed by atoms with van der Waals surface area (Å²) >= 11 is 0. The van der Waals surface area contributed by atoms with Crippen molar-refractivity contribution in [3.8, 4) is 5.75 Å². The third-order valence-electron chi connectivity index (χ3n) is 3.40. The molecule has 0 aliphatic carbocycles. The molecule has 0 heterocycles.